The second-order valence-electron chi connectivity index (χ2n) is 4.69. The monoisotopic (exact) mass is 235 g/mol. The molecule has 0 bridgehead atoms. The first-order valence-electron chi connectivity index (χ1n) is 5.83. The van der Waals surface area contributed by atoms with Crippen molar-refractivity contribution in [2.45, 2.75) is 38.3 Å². The van der Waals surface area contributed by atoms with E-state index in [4.69, 9.17) is 5.73 Å². The maximum absolute atomic E-state index is 10.9. The molecule has 17 heavy (non-hydrogen) atoms. The van der Waals surface area contributed by atoms with Crippen LogP contribution in [0.15, 0.2) is 18.2 Å². The Morgan fingerprint density at radius 2 is 2.24 bits per heavy atom. The van der Waals surface area contributed by atoms with Crippen LogP contribution in [0.25, 0.3) is 0 Å². The summed E-state index contributed by atoms with van der Waals surface area (Å²) in [5.74, 6) is 0. The van der Waals surface area contributed by atoms with Gasteiger partial charge in [0.2, 0.25) is 0 Å². The summed E-state index contributed by atoms with van der Waals surface area (Å²) in [7, 11) is 0. The molecular formula is C12H17N3O2. The molecule has 2 atom stereocenters. The minimum atomic E-state index is -0.351. The molecular weight excluding hydrogens is 218 g/mol. The van der Waals surface area contributed by atoms with E-state index in [1.54, 1.807) is 12.1 Å². The Labute approximate surface area is 100 Å². The number of aryl methyl sites for hydroxylation is 1. The number of hydrogen-bond acceptors (Lipinski definition) is 4. The fourth-order valence-corrected chi connectivity index (χ4v) is 2.29. The number of nitrogens with one attached hydrogen (secondary N) is 1. The highest BCUT2D eigenvalue weighted by atomic mass is 16.6. The lowest BCUT2D eigenvalue weighted by molar-refractivity contribution is -0.384. The molecule has 1 aromatic rings. The Bertz CT molecular complexity index is 434. The van der Waals surface area contributed by atoms with Gasteiger partial charge in [-0.2, -0.15) is 0 Å². The van der Waals surface area contributed by atoms with Crippen LogP contribution >= 0.6 is 0 Å². The minimum Gasteiger partial charge on any atom is -0.377 e. The second kappa shape index (κ2) is 4.71. The van der Waals surface area contributed by atoms with Crippen LogP contribution < -0.4 is 11.1 Å². The Hall–Kier alpha value is -1.62. The first kappa shape index (κ1) is 11.9. The van der Waals surface area contributed by atoms with E-state index in [1.807, 2.05) is 13.0 Å². The van der Waals surface area contributed by atoms with Crippen molar-refractivity contribution in [3.8, 4) is 0 Å². The normalized spacial score (nSPS) is 23.6. The summed E-state index contributed by atoms with van der Waals surface area (Å²) in [5, 5.41) is 14.2. The van der Waals surface area contributed by atoms with Crippen LogP contribution in [0.4, 0.5) is 11.4 Å². The zero-order chi connectivity index (χ0) is 12.4. The molecule has 0 aromatic heterocycles. The third-order valence-electron chi connectivity index (χ3n) is 3.18. The van der Waals surface area contributed by atoms with Crippen molar-refractivity contribution < 1.29 is 4.92 Å². The van der Waals surface area contributed by atoms with Crippen LogP contribution in [-0.2, 0) is 0 Å². The van der Waals surface area contributed by atoms with E-state index in [1.165, 1.54) is 0 Å². The van der Waals surface area contributed by atoms with Gasteiger partial charge in [0.15, 0.2) is 0 Å². The van der Waals surface area contributed by atoms with Gasteiger partial charge in [0.25, 0.3) is 5.69 Å². The third-order valence-corrected chi connectivity index (χ3v) is 3.18. The Morgan fingerprint density at radius 1 is 1.47 bits per heavy atom. The summed E-state index contributed by atoms with van der Waals surface area (Å²) in [6.45, 7) is 1.93. The van der Waals surface area contributed by atoms with Crippen molar-refractivity contribution in [2.24, 2.45) is 5.73 Å². The Morgan fingerprint density at radius 3 is 2.82 bits per heavy atom. The molecule has 1 aliphatic rings. The summed E-state index contributed by atoms with van der Waals surface area (Å²) >= 11 is 0. The van der Waals surface area contributed by atoms with E-state index < -0.39 is 0 Å². The number of rotatable bonds is 3. The van der Waals surface area contributed by atoms with Gasteiger partial charge in [0.1, 0.15) is 5.69 Å². The largest absolute Gasteiger partial charge is 0.377 e. The van der Waals surface area contributed by atoms with Crippen molar-refractivity contribution in [1.29, 1.82) is 0 Å². The predicted molar refractivity (Wildman–Crippen MR) is 67.1 cm³/mol. The summed E-state index contributed by atoms with van der Waals surface area (Å²) in [6, 6.07) is 5.60. The molecule has 1 saturated carbocycles. The van der Waals surface area contributed by atoms with Gasteiger partial charge >= 0.3 is 0 Å². The molecule has 1 aliphatic carbocycles. The average Bonchev–Trinajstić information content (AvgIpc) is 2.63. The van der Waals surface area contributed by atoms with Crippen LogP contribution in [-0.4, -0.2) is 17.0 Å². The molecule has 3 N–H and O–H groups in total. The number of nitrogens with zero attached hydrogens (tertiary/aromatic N) is 1. The van der Waals surface area contributed by atoms with E-state index in [-0.39, 0.29) is 22.7 Å². The van der Waals surface area contributed by atoms with E-state index >= 15 is 0 Å². The molecule has 0 radical (unpaired) electrons. The Balaban J connectivity index is 2.19. The van der Waals surface area contributed by atoms with Crippen LogP contribution in [0.1, 0.15) is 24.8 Å². The van der Waals surface area contributed by atoms with Gasteiger partial charge in [0, 0.05) is 18.2 Å². The molecule has 0 spiro atoms. The van der Waals surface area contributed by atoms with Gasteiger partial charge in [-0.15, -0.1) is 0 Å². The Kier molecular flexibility index (Phi) is 3.28. The number of hydrogen-bond donors (Lipinski definition) is 2. The maximum atomic E-state index is 10.9. The van der Waals surface area contributed by atoms with Crippen molar-refractivity contribution in [1.82, 2.24) is 0 Å². The van der Waals surface area contributed by atoms with Crippen LogP contribution in [0.3, 0.4) is 0 Å². The van der Waals surface area contributed by atoms with Crippen LogP contribution in [0.2, 0.25) is 0 Å². The van der Waals surface area contributed by atoms with Crippen LogP contribution in [0.5, 0.6) is 0 Å². The number of anilines is 1. The summed E-state index contributed by atoms with van der Waals surface area (Å²) < 4.78 is 0. The van der Waals surface area contributed by atoms with Crippen molar-refractivity contribution >= 4 is 11.4 Å². The fraction of sp³-hybridized carbons (Fsp3) is 0.500. The maximum Gasteiger partial charge on any atom is 0.292 e. The summed E-state index contributed by atoms with van der Waals surface area (Å²) in [5.41, 5.74) is 7.59. The molecule has 92 valence electrons. The number of nitrogens with two attached hydrogens (primary N) is 1. The highest BCUT2D eigenvalue weighted by Crippen LogP contribution is 2.29. The van der Waals surface area contributed by atoms with Crippen LogP contribution in [0, 0.1) is 17.0 Å². The first-order chi connectivity index (χ1) is 8.06. The highest BCUT2D eigenvalue weighted by Gasteiger charge is 2.24. The molecule has 5 heteroatoms. The number of nitro groups is 1. The fourth-order valence-electron chi connectivity index (χ4n) is 2.29. The van der Waals surface area contributed by atoms with Crippen molar-refractivity contribution in [2.75, 3.05) is 5.32 Å². The zero-order valence-corrected chi connectivity index (χ0v) is 9.85. The SMILES string of the molecule is Cc1ccc([N+](=O)[O-])c(NC2CCC(N)C2)c1. The minimum absolute atomic E-state index is 0.135. The topological polar surface area (TPSA) is 81.2 Å². The van der Waals surface area contributed by atoms with Gasteiger partial charge in [-0.3, -0.25) is 10.1 Å². The molecule has 5 nitrogen and oxygen atoms in total. The molecule has 2 unspecified atom stereocenters. The van der Waals surface area contributed by atoms with Crippen molar-refractivity contribution in [3.63, 3.8) is 0 Å². The number of nitro benzene ring substituents is 1. The zero-order valence-electron chi connectivity index (χ0n) is 9.85. The molecule has 0 saturated heterocycles. The van der Waals surface area contributed by atoms with E-state index in [0.29, 0.717) is 5.69 Å². The first-order valence-corrected chi connectivity index (χ1v) is 5.83. The van der Waals surface area contributed by atoms with Crippen molar-refractivity contribution in [3.05, 3.63) is 33.9 Å². The molecule has 0 amide bonds. The summed E-state index contributed by atoms with van der Waals surface area (Å²) in [4.78, 5) is 10.6. The lowest BCUT2D eigenvalue weighted by Crippen LogP contribution is -2.21. The third kappa shape index (κ3) is 2.74. The second-order valence-corrected chi connectivity index (χ2v) is 4.69. The number of benzene rings is 1. The highest BCUT2D eigenvalue weighted by molar-refractivity contribution is 5.63. The molecule has 2 rings (SSSR count). The standard InChI is InChI=1S/C12H17N3O2/c1-8-2-5-12(15(16)17)11(6-8)14-10-4-3-9(13)7-10/h2,5-6,9-10,14H,3-4,7,13H2,1H3. The lowest BCUT2D eigenvalue weighted by Gasteiger charge is -2.14. The molecule has 0 heterocycles. The van der Waals surface area contributed by atoms with E-state index in [9.17, 15) is 10.1 Å². The van der Waals surface area contributed by atoms with E-state index in [2.05, 4.69) is 5.32 Å². The average molecular weight is 235 g/mol. The summed E-state index contributed by atoms with van der Waals surface area (Å²) in [6.07, 6.45) is 2.84. The smallest absolute Gasteiger partial charge is 0.292 e. The van der Waals surface area contributed by atoms with Gasteiger partial charge in [-0.1, -0.05) is 6.07 Å². The van der Waals surface area contributed by atoms with E-state index in [0.717, 1.165) is 24.8 Å². The molecule has 1 aromatic carbocycles. The quantitative estimate of drug-likeness (QED) is 0.621. The van der Waals surface area contributed by atoms with Gasteiger partial charge in [-0.05, 0) is 37.8 Å². The molecule has 0 aliphatic heterocycles. The predicted octanol–water partition coefficient (Wildman–Crippen LogP) is 2.19. The molecule has 1 fully saturated rings. The van der Waals surface area contributed by atoms with Gasteiger partial charge in [-0.25, -0.2) is 0 Å². The van der Waals surface area contributed by atoms with Gasteiger partial charge < -0.3 is 11.1 Å². The van der Waals surface area contributed by atoms with Gasteiger partial charge in [0.05, 0.1) is 4.92 Å². The lowest BCUT2D eigenvalue weighted by atomic mass is 10.1.